The van der Waals surface area contributed by atoms with E-state index in [-0.39, 0.29) is 22.6 Å². The number of non-ortho nitro benzene ring substituents is 1. The van der Waals surface area contributed by atoms with Crippen LogP contribution in [0.15, 0.2) is 23.1 Å². The molecule has 1 atom stereocenters. The van der Waals surface area contributed by atoms with Crippen molar-refractivity contribution in [1.29, 1.82) is 0 Å². The third kappa shape index (κ3) is 3.56. The summed E-state index contributed by atoms with van der Waals surface area (Å²) in [6.07, 6.45) is 0.0492. The van der Waals surface area contributed by atoms with E-state index in [1.54, 1.807) is 6.92 Å². The zero-order chi connectivity index (χ0) is 16.4. The predicted molar refractivity (Wildman–Crippen MR) is 74.5 cm³/mol. The molecule has 21 heavy (non-hydrogen) atoms. The predicted octanol–water partition coefficient (Wildman–Crippen LogP) is 1.43. The highest BCUT2D eigenvalue weighted by Crippen LogP contribution is 2.23. The van der Waals surface area contributed by atoms with Gasteiger partial charge in [0.2, 0.25) is 10.0 Å². The fourth-order valence-corrected chi connectivity index (χ4v) is 3.33. The number of nitrogens with one attached hydrogen (secondary N) is 1. The number of nitro groups is 1. The van der Waals surface area contributed by atoms with Gasteiger partial charge in [-0.1, -0.05) is 6.92 Å². The maximum Gasteiger partial charge on any atom is 0.324 e. The van der Waals surface area contributed by atoms with E-state index in [1.165, 1.54) is 13.8 Å². The summed E-state index contributed by atoms with van der Waals surface area (Å²) in [5.41, 5.74) is -1.71. The second-order valence-electron chi connectivity index (χ2n) is 4.80. The number of sulfonamides is 1. The van der Waals surface area contributed by atoms with Crippen molar-refractivity contribution in [2.45, 2.75) is 37.6 Å². The van der Waals surface area contributed by atoms with Gasteiger partial charge in [0.05, 0.1) is 9.82 Å². The van der Waals surface area contributed by atoms with Crippen LogP contribution in [0.3, 0.4) is 0 Å². The zero-order valence-electron chi connectivity index (χ0n) is 11.8. The number of carboxylic acid groups (broad SMARTS) is 1. The fraction of sp³-hybridized carbons (Fsp3) is 0.417. The zero-order valence-corrected chi connectivity index (χ0v) is 12.6. The molecule has 0 fully saturated rings. The molecule has 0 radical (unpaired) electrons. The summed E-state index contributed by atoms with van der Waals surface area (Å²) in [7, 11) is -4.10. The molecule has 1 aromatic rings. The SMILES string of the molecule is CCC(C)(NS(=O)(=O)c1ccc([N+](=O)[O-])cc1C)C(=O)O. The maximum atomic E-state index is 12.3. The van der Waals surface area contributed by atoms with Crippen molar-refractivity contribution in [3.63, 3.8) is 0 Å². The second kappa shape index (κ2) is 5.78. The van der Waals surface area contributed by atoms with Gasteiger partial charge in [-0.15, -0.1) is 0 Å². The van der Waals surface area contributed by atoms with Crippen molar-refractivity contribution in [3.05, 3.63) is 33.9 Å². The number of carboxylic acids is 1. The summed E-state index contributed by atoms with van der Waals surface area (Å²) in [4.78, 5) is 21.0. The summed E-state index contributed by atoms with van der Waals surface area (Å²) in [5, 5.41) is 19.8. The largest absolute Gasteiger partial charge is 0.480 e. The number of aliphatic carboxylic acids is 1. The highest BCUT2D eigenvalue weighted by molar-refractivity contribution is 7.89. The molecule has 116 valence electrons. The van der Waals surface area contributed by atoms with Crippen molar-refractivity contribution in [3.8, 4) is 0 Å². The Kier molecular flexibility index (Phi) is 4.69. The van der Waals surface area contributed by atoms with Gasteiger partial charge in [0, 0.05) is 12.1 Å². The lowest BCUT2D eigenvalue weighted by Gasteiger charge is -2.24. The molecule has 1 unspecified atom stereocenters. The highest BCUT2D eigenvalue weighted by Gasteiger charge is 2.36. The van der Waals surface area contributed by atoms with Crippen LogP contribution in [0.2, 0.25) is 0 Å². The van der Waals surface area contributed by atoms with Crippen molar-refractivity contribution in [2.75, 3.05) is 0 Å². The quantitative estimate of drug-likeness (QED) is 0.604. The molecule has 0 aliphatic carbocycles. The molecule has 0 aromatic heterocycles. The van der Waals surface area contributed by atoms with E-state index in [2.05, 4.69) is 4.72 Å². The topological polar surface area (TPSA) is 127 Å². The molecule has 0 bridgehead atoms. The van der Waals surface area contributed by atoms with Crippen LogP contribution in [-0.2, 0) is 14.8 Å². The molecule has 0 aliphatic heterocycles. The van der Waals surface area contributed by atoms with E-state index in [0.717, 1.165) is 18.2 Å². The second-order valence-corrected chi connectivity index (χ2v) is 6.45. The Bertz CT molecular complexity index is 685. The first-order chi connectivity index (χ1) is 9.53. The van der Waals surface area contributed by atoms with Gasteiger partial charge in [0.1, 0.15) is 5.54 Å². The van der Waals surface area contributed by atoms with Crippen molar-refractivity contribution >= 4 is 21.7 Å². The van der Waals surface area contributed by atoms with Crippen LogP contribution in [0.25, 0.3) is 0 Å². The van der Waals surface area contributed by atoms with Crippen LogP contribution in [0, 0.1) is 17.0 Å². The smallest absolute Gasteiger partial charge is 0.324 e. The van der Waals surface area contributed by atoms with Gasteiger partial charge in [-0.25, -0.2) is 8.42 Å². The summed E-state index contributed by atoms with van der Waals surface area (Å²) in [6.45, 7) is 4.21. The first-order valence-electron chi connectivity index (χ1n) is 6.06. The van der Waals surface area contributed by atoms with Gasteiger partial charge in [-0.2, -0.15) is 4.72 Å². The van der Waals surface area contributed by atoms with E-state index in [0.29, 0.717) is 0 Å². The first kappa shape index (κ1) is 17.1. The van der Waals surface area contributed by atoms with E-state index < -0.39 is 26.5 Å². The normalized spacial score (nSPS) is 14.4. The molecule has 0 amide bonds. The van der Waals surface area contributed by atoms with Crippen LogP contribution < -0.4 is 4.72 Å². The van der Waals surface area contributed by atoms with Gasteiger partial charge < -0.3 is 5.11 Å². The molecule has 0 aliphatic rings. The summed E-state index contributed by atoms with van der Waals surface area (Å²) in [6, 6.07) is 3.28. The van der Waals surface area contributed by atoms with Crippen LogP contribution in [0.5, 0.6) is 0 Å². The van der Waals surface area contributed by atoms with Crippen molar-refractivity contribution in [2.24, 2.45) is 0 Å². The molecular formula is C12H16N2O6S. The Labute approximate surface area is 122 Å². The molecule has 1 rings (SSSR count). The van der Waals surface area contributed by atoms with Gasteiger partial charge in [0.15, 0.2) is 0 Å². The minimum Gasteiger partial charge on any atom is -0.480 e. The first-order valence-corrected chi connectivity index (χ1v) is 7.54. The lowest BCUT2D eigenvalue weighted by molar-refractivity contribution is -0.385. The van der Waals surface area contributed by atoms with Gasteiger partial charge >= 0.3 is 5.97 Å². The molecule has 2 N–H and O–H groups in total. The minimum absolute atomic E-state index is 0.0492. The fourth-order valence-electron chi connectivity index (χ4n) is 1.67. The number of nitro benzene ring substituents is 1. The van der Waals surface area contributed by atoms with E-state index in [4.69, 9.17) is 5.11 Å². The molecule has 0 saturated heterocycles. The standard InChI is InChI=1S/C12H16N2O6S/c1-4-12(3,11(15)16)13-21(19,20)10-6-5-9(14(17)18)7-8(10)2/h5-7,13H,4H2,1-3H3,(H,15,16). The average molecular weight is 316 g/mol. The van der Waals surface area contributed by atoms with Crippen LogP contribution >= 0.6 is 0 Å². The Morgan fingerprint density at radius 3 is 2.43 bits per heavy atom. The number of aryl methyl sites for hydroxylation is 1. The Balaban J connectivity index is 3.26. The lowest BCUT2D eigenvalue weighted by atomic mass is 10.0. The maximum absolute atomic E-state index is 12.3. The van der Waals surface area contributed by atoms with E-state index >= 15 is 0 Å². The van der Waals surface area contributed by atoms with Gasteiger partial charge in [0.25, 0.3) is 5.69 Å². The summed E-state index contributed by atoms with van der Waals surface area (Å²) >= 11 is 0. The van der Waals surface area contributed by atoms with E-state index in [1.807, 2.05) is 0 Å². The number of benzene rings is 1. The number of rotatable bonds is 6. The average Bonchev–Trinajstić information content (AvgIpc) is 2.37. The van der Waals surface area contributed by atoms with Gasteiger partial charge in [-0.05, 0) is 31.9 Å². The summed E-state index contributed by atoms with van der Waals surface area (Å²) in [5.74, 6) is -1.30. The molecule has 1 aromatic carbocycles. The number of hydrogen-bond acceptors (Lipinski definition) is 5. The van der Waals surface area contributed by atoms with Crippen molar-refractivity contribution < 1.29 is 23.2 Å². The third-order valence-corrected chi connectivity index (χ3v) is 4.95. The molecule has 8 nitrogen and oxygen atoms in total. The number of hydrogen-bond donors (Lipinski definition) is 2. The molecule has 0 spiro atoms. The van der Waals surface area contributed by atoms with Gasteiger partial charge in [-0.3, -0.25) is 14.9 Å². The minimum atomic E-state index is -4.10. The Morgan fingerprint density at radius 1 is 1.48 bits per heavy atom. The van der Waals surface area contributed by atoms with E-state index in [9.17, 15) is 23.3 Å². The highest BCUT2D eigenvalue weighted by atomic mass is 32.2. The van der Waals surface area contributed by atoms with Crippen LogP contribution in [-0.4, -0.2) is 30.0 Å². The number of carbonyl (C=O) groups is 1. The van der Waals surface area contributed by atoms with Crippen LogP contribution in [0.1, 0.15) is 25.8 Å². The molecule has 9 heteroatoms. The van der Waals surface area contributed by atoms with Crippen LogP contribution in [0.4, 0.5) is 5.69 Å². The molecular weight excluding hydrogens is 300 g/mol. The molecule has 0 saturated carbocycles. The third-order valence-electron chi connectivity index (χ3n) is 3.20. The number of nitrogens with zero attached hydrogens (tertiary/aromatic N) is 1. The lowest BCUT2D eigenvalue weighted by Crippen LogP contribution is -2.51. The van der Waals surface area contributed by atoms with Crippen molar-refractivity contribution in [1.82, 2.24) is 4.72 Å². The summed E-state index contributed by atoms with van der Waals surface area (Å²) < 4.78 is 26.7. The molecule has 0 heterocycles. The Hall–Kier alpha value is -2.00. The Morgan fingerprint density at radius 2 is 2.05 bits per heavy atom. The monoisotopic (exact) mass is 316 g/mol.